The lowest BCUT2D eigenvalue weighted by molar-refractivity contribution is 0.228. The van der Waals surface area contributed by atoms with Crippen molar-refractivity contribution in [2.75, 3.05) is 6.61 Å². The van der Waals surface area contributed by atoms with Crippen LogP contribution in [0.4, 0.5) is 4.39 Å². The van der Waals surface area contributed by atoms with Gasteiger partial charge in [0.05, 0.1) is 0 Å². The predicted octanol–water partition coefficient (Wildman–Crippen LogP) is 1.68. The van der Waals surface area contributed by atoms with Crippen LogP contribution < -0.4 is 0 Å². The van der Waals surface area contributed by atoms with E-state index in [2.05, 4.69) is 0 Å². The summed E-state index contributed by atoms with van der Waals surface area (Å²) in [5, 5.41) is 6.92. The molecule has 0 saturated heterocycles. The first-order valence-electron chi connectivity index (χ1n) is 3.00. The Hall–Kier alpha value is 0.180. The zero-order valence-electron chi connectivity index (χ0n) is 5.32. The standard InChI is InChI=1S/C6H10ClFO/c1-5(2-3-9)4-6(5,7)8/h9H,2-4H2,1H3/t5-,6-/m1/s1. The molecule has 54 valence electrons. The highest BCUT2D eigenvalue weighted by atomic mass is 35.5. The number of alkyl halides is 2. The molecule has 1 aliphatic carbocycles. The molecule has 0 aromatic carbocycles. The molecular weight excluding hydrogens is 143 g/mol. The molecule has 1 rings (SSSR count). The van der Waals surface area contributed by atoms with Gasteiger partial charge < -0.3 is 5.11 Å². The molecule has 0 amide bonds. The van der Waals surface area contributed by atoms with Crippen molar-refractivity contribution in [1.82, 2.24) is 0 Å². The lowest BCUT2D eigenvalue weighted by atomic mass is 10.1. The number of aliphatic hydroxyl groups excluding tert-OH is 1. The van der Waals surface area contributed by atoms with E-state index < -0.39 is 10.5 Å². The first-order chi connectivity index (χ1) is 4.02. The largest absolute Gasteiger partial charge is 0.396 e. The highest BCUT2D eigenvalue weighted by Crippen LogP contribution is 2.63. The fourth-order valence-corrected chi connectivity index (χ4v) is 1.35. The minimum atomic E-state index is -1.53. The molecule has 1 aliphatic rings. The lowest BCUT2D eigenvalue weighted by Gasteiger charge is -2.06. The van der Waals surface area contributed by atoms with Crippen LogP contribution in [0.5, 0.6) is 0 Å². The molecular formula is C6H10ClFO. The molecule has 1 N–H and O–H groups in total. The van der Waals surface area contributed by atoms with Crippen LogP contribution in [0.3, 0.4) is 0 Å². The van der Waals surface area contributed by atoms with Crippen LogP contribution in [0.1, 0.15) is 19.8 Å². The van der Waals surface area contributed by atoms with Gasteiger partial charge in [-0.2, -0.15) is 0 Å². The van der Waals surface area contributed by atoms with Crippen molar-refractivity contribution in [1.29, 1.82) is 0 Å². The fraction of sp³-hybridized carbons (Fsp3) is 1.00. The minimum Gasteiger partial charge on any atom is -0.396 e. The summed E-state index contributed by atoms with van der Waals surface area (Å²) in [6, 6.07) is 0. The average molecular weight is 153 g/mol. The van der Waals surface area contributed by atoms with Crippen molar-refractivity contribution in [2.24, 2.45) is 5.41 Å². The predicted molar refractivity (Wildman–Crippen MR) is 34.1 cm³/mol. The molecule has 0 aliphatic heterocycles. The van der Waals surface area contributed by atoms with Crippen molar-refractivity contribution in [3.05, 3.63) is 0 Å². The minimum absolute atomic E-state index is 0.0227. The van der Waals surface area contributed by atoms with E-state index in [0.717, 1.165) is 0 Å². The maximum Gasteiger partial charge on any atom is 0.189 e. The summed E-state index contributed by atoms with van der Waals surface area (Å²) in [5.74, 6) is 0. The summed E-state index contributed by atoms with van der Waals surface area (Å²) in [6.45, 7) is 1.77. The van der Waals surface area contributed by atoms with Crippen molar-refractivity contribution >= 4 is 11.6 Å². The molecule has 0 radical (unpaired) electrons. The molecule has 1 nitrogen and oxygen atoms in total. The zero-order chi connectivity index (χ0) is 7.12. The molecule has 0 spiro atoms. The van der Waals surface area contributed by atoms with Crippen molar-refractivity contribution < 1.29 is 9.50 Å². The molecule has 0 unspecified atom stereocenters. The number of hydrogen-bond acceptors (Lipinski definition) is 1. The van der Waals surface area contributed by atoms with Gasteiger partial charge in [-0.1, -0.05) is 18.5 Å². The highest BCUT2D eigenvalue weighted by Gasteiger charge is 2.64. The Bertz CT molecular complexity index is 126. The van der Waals surface area contributed by atoms with Gasteiger partial charge in [-0.05, 0) is 6.42 Å². The van der Waals surface area contributed by atoms with Crippen LogP contribution in [0.15, 0.2) is 0 Å². The first kappa shape index (κ1) is 7.29. The molecule has 0 heterocycles. The third-order valence-corrected chi connectivity index (χ3v) is 2.62. The van der Waals surface area contributed by atoms with Crippen LogP contribution >= 0.6 is 11.6 Å². The van der Waals surface area contributed by atoms with Gasteiger partial charge in [-0.15, -0.1) is 0 Å². The van der Waals surface area contributed by atoms with Crippen LogP contribution in [-0.4, -0.2) is 16.8 Å². The Kier molecular flexibility index (Phi) is 1.48. The lowest BCUT2D eigenvalue weighted by Crippen LogP contribution is -2.06. The van der Waals surface area contributed by atoms with Gasteiger partial charge in [0.15, 0.2) is 5.13 Å². The zero-order valence-corrected chi connectivity index (χ0v) is 6.08. The van der Waals surface area contributed by atoms with E-state index in [1.807, 2.05) is 0 Å². The van der Waals surface area contributed by atoms with E-state index in [-0.39, 0.29) is 6.61 Å². The molecule has 0 bridgehead atoms. The topological polar surface area (TPSA) is 20.2 Å². The number of rotatable bonds is 2. The van der Waals surface area contributed by atoms with E-state index in [9.17, 15) is 4.39 Å². The fourth-order valence-electron chi connectivity index (χ4n) is 0.964. The second-order valence-corrected chi connectivity index (χ2v) is 3.51. The van der Waals surface area contributed by atoms with E-state index >= 15 is 0 Å². The van der Waals surface area contributed by atoms with Gasteiger partial charge in [-0.3, -0.25) is 0 Å². The van der Waals surface area contributed by atoms with Crippen LogP contribution in [0.25, 0.3) is 0 Å². The molecule has 0 aromatic heterocycles. The number of hydrogen-bond donors (Lipinski definition) is 1. The summed E-state index contributed by atoms with van der Waals surface area (Å²) in [7, 11) is 0. The summed E-state index contributed by atoms with van der Waals surface area (Å²) >= 11 is 5.35. The van der Waals surface area contributed by atoms with E-state index in [4.69, 9.17) is 16.7 Å². The van der Waals surface area contributed by atoms with Gasteiger partial charge in [0, 0.05) is 18.4 Å². The van der Waals surface area contributed by atoms with Crippen LogP contribution in [0, 0.1) is 5.41 Å². The van der Waals surface area contributed by atoms with Gasteiger partial charge in [0.25, 0.3) is 0 Å². The van der Waals surface area contributed by atoms with Crippen LogP contribution in [-0.2, 0) is 0 Å². The molecule has 1 saturated carbocycles. The Morgan fingerprint density at radius 1 is 1.78 bits per heavy atom. The first-order valence-corrected chi connectivity index (χ1v) is 3.38. The second kappa shape index (κ2) is 1.83. The van der Waals surface area contributed by atoms with E-state index in [0.29, 0.717) is 12.8 Å². The van der Waals surface area contributed by atoms with Gasteiger partial charge in [0.2, 0.25) is 0 Å². The third kappa shape index (κ3) is 1.06. The maximum atomic E-state index is 12.7. The monoisotopic (exact) mass is 152 g/mol. The van der Waals surface area contributed by atoms with Gasteiger partial charge in [0.1, 0.15) is 0 Å². The molecule has 9 heavy (non-hydrogen) atoms. The Morgan fingerprint density at radius 3 is 2.33 bits per heavy atom. The SMILES string of the molecule is C[C@@]1(CCO)C[C@]1(F)Cl. The number of halogens is 2. The summed E-state index contributed by atoms with van der Waals surface area (Å²) in [6.07, 6.45) is 0.842. The van der Waals surface area contributed by atoms with Crippen molar-refractivity contribution in [2.45, 2.75) is 24.9 Å². The average Bonchev–Trinajstić information content (AvgIpc) is 2.07. The highest BCUT2D eigenvalue weighted by molar-refractivity contribution is 6.25. The molecule has 2 atom stereocenters. The molecule has 1 fully saturated rings. The molecule has 0 aromatic rings. The van der Waals surface area contributed by atoms with E-state index in [1.54, 1.807) is 6.92 Å². The van der Waals surface area contributed by atoms with Crippen molar-refractivity contribution in [3.63, 3.8) is 0 Å². The maximum absolute atomic E-state index is 12.7. The Balaban J connectivity index is 2.42. The summed E-state index contributed by atoms with van der Waals surface area (Å²) < 4.78 is 12.7. The Labute approximate surface area is 58.8 Å². The van der Waals surface area contributed by atoms with Crippen LogP contribution in [0.2, 0.25) is 0 Å². The summed E-state index contributed by atoms with van der Waals surface area (Å²) in [5.41, 5.74) is -0.455. The normalized spacial score (nSPS) is 49.3. The second-order valence-electron chi connectivity index (χ2n) is 2.92. The van der Waals surface area contributed by atoms with Gasteiger partial charge >= 0.3 is 0 Å². The van der Waals surface area contributed by atoms with E-state index in [1.165, 1.54) is 0 Å². The smallest absolute Gasteiger partial charge is 0.189 e. The van der Waals surface area contributed by atoms with Crippen molar-refractivity contribution in [3.8, 4) is 0 Å². The third-order valence-electron chi connectivity index (χ3n) is 2.03. The van der Waals surface area contributed by atoms with Gasteiger partial charge in [-0.25, -0.2) is 4.39 Å². The Morgan fingerprint density at radius 2 is 2.22 bits per heavy atom. The number of aliphatic hydroxyl groups is 1. The quantitative estimate of drug-likeness (QED) is 0.597. The molecule has 3 heteroatoms. The summed E-state index contributed by atoms with van der Waals surface area (Å²) in [4.78, 5) is 0.